The van der Waals surface area contributed by atoms with E-state index >= 15 is 0 Å². The first-order valence-electron chi connectivity index (χ1n) is 7.72. The van der Waals surface area contributed by atoms with Gasteiger partial charge in [0.15, 0.2) is 12.2 Å². The van der Waals surface area contributed by atoms with Gasteiger partial charge >= 0.3 is 11.9 Å². The summed E-state index contributed by atoms with van der Waals surface area (Å²) in [5.41, 5.74) is -1.13. The maximum Gasteiger partial charge on any atom is 0.338 e. The van der Waals surface area contributed by atoms with Gasteiger partial charge in [-0.1, -0.05) is 13.8 Å². The highest BCUT2D eigenvalue weighted by atomic mass is 17.2. The lowest BCUT2D eigenvalue weighted by atomic mass is 10.1. The molecule has 2 unspecified atom stereocenters. The van der Waals surface area contributed by atoms with Gasteiger partial charge in [0.2, 0.25) is 0 Å². The van der Waals surface area contributed by atoms with Crippen molar-refractivity contribution in [2.45, 2.75) is 91.6 Å². The third-order valence-corrected chi connectivity index (χ3v) is 3.46. The van der Waals surface area contributed by atoms with Gasteiger partial charge in [-0.2, -0.15) is 0 Å². The van der Waals surface area contributed by atoms with Crippen molar-refractivity contribution < 1.29 is 28.8 Å². The molecule has 0 saturated carbocycles. The van der Waals surface area contributed by atoms with Gasteiger partial charge in [0.25, 0.3) is 0 Å². The SMILES string of the molecule is CCC(C)(C)OC(=O)C(C)OOC(C)C(=O)OC(C)(C)CC. The zero-order chi connectivity index (χ0) is 17.6. The first-order valence-corrected chi connectivity index (χ1v) is 7.72. The van der Waals surface area contributed by atoms with Crippen molar-refractivity contribution in [3.63, 3.8) is 0 Å². The molecule has 6 nitrogen and oxygen atoms in total. The quantitative estimate of drug-likeness (QED) is 0.369. The van der Waals surface area contributed by atoms with Crippen LogP contribution in [0.4, 0.5) is 0 Å². The molecule has 6 heteroatoms. The predicted molar refractivity (Wildman–Crippen MR) is 82.0 cm³/mol. The van der Waals surface area contributed by atoms with Gasteiger partial charge in [-0.05, 0) is 54.4 Å². The van der Waals surface area contributed by atoms with E-state index in [1.807, 2.05) is 41.5 Å². The van der Waals surface area contributed by atoms with E-state index in [4.69, 9.17) is 19.2 Å². The van der Waals surface area contributed by atoms with E-state index in [-0.39, 0.29) is 0 Å². The van der Waals surface area contributed by atoms with Crippen LogP contribution in [0.5, 0.6) is 0 Å². The lowest BCUT2D eigenvalue weighted by Gasteiger charge is -2.26. The predicted octanol–water partition coefficient (Wildman–Crippen LogP) is 3.18. The van der Waals surface area contributed by atoms with Crippen molar-refractivity contribution in [2.24, 2.45) is 0 Å². The van der Waals surface area contributed by atoms with Crippen molar-refractivity contribution in [1.82, 2.24) is 0 Å². The molecule has 0 bridgehead atoms. The molecule has 0 aliphatic carbocycles. The molecule has 0 fully saturated rings. The third-order valence-electron chi connectivity index (χ3n) is 3.46. The van der Waals surface area contributed by atoms with Gasteiger partial charge in [-0.25, -0.2) is 19.4 Å². The molecule has 0 aliphatic heterocycles. The number of carbonyl (C=O) groups excluding carboxylic acids is 2. The molecule has 0 saturated heterocycles. The minimum atomic E-state index is -0.930. The van der Waals surface area contributed by atoms with Crippen LogP contribution >= 0.6 is 0 Å². The topological polar surface area (TPSA) is 71.1 Å². The second-order valence-electron chi connectivity index (χ2n) is 6.55. The highest BCUT2D eigenvalue weighted by Crippen LogP contribution is 2.17. The molecule has 0 aromatic carbocycles. The Morgan fingerprint density at radius 2 is 1.05 bits per heavy atom. The Kier molecular flexibility index (Phi) is 8.04. The molecule has 0 heterocycles. The summed E-state index contributed by atoms with van der Waals surface area (Å²) in [6.07, 6.45) is -0.497. The standard InChI is InChI=1S/C16H30O6/c1-9-15(5,6)19-13(17)11(3)21-22-12(4)14(18)20-16(7,8)10-2/h11-12H,9-10H2,1-8H3. The summed E-state index contributed by atoms with van der Waals surface area (Å²) < 4.78 is 10.6. The summed E-state index contributed by atoms with van der Waals surface area (Å²) in [5.74, 6) is -1.08. The van der Waals surface area contributed by atoms with Crippen LogP contribution in [0.15, 0.2) is 0 Å². The molecule has 0 aliphatic rings. The highest BCUT2D eigenvalue weighted by molar-refractivity contribution is 5.75. The maximum atomic E-state index is 11.8. The van der Waals surface area contributed by atoms with Gasteiger partial charge in [0.05, 0.1) is 0 Å². The lowest BCUT2D eigenvalue weighted by molar-refractivity contribution is -0.338. The fraction of sp³-hybridized carbons (Fsp3) is 0.875. The Balaban J connectivity index is 4.32. The van der Waals surface area contributed by atoms with Crippen molar-refractivity contribution in [1.29, 1.82) is 0 Å². The first kappa shape index (κ1) is 20.9. The molecule has 0 rings (SSSR count). The molecule has 22 heavy (non-hydrogen) atoms. The Bertz CT molecular complexity index is 339. The van der Waals surface area contributed by atoms with Crippen LogP contribution in [0.3, 0.4) is 0 Å². The molecule has 0 radical (unpaired) electrons. The molecule has 0 aromatic rings. The van der Waals surface area contributed by atoms with E-state index < -0.39 is 35.3 Å². The number of hydrogen-bond acceptors (Lipinski definition) is 6. The van der Waals surface area contributed by atoms with Crippen LogP contribution < -0.4 is 0 Å². The Labute approximate surface area is 133 Å². The molecule has 0 spiro atoms. The van der Waals surface area contributed by atoms with Gasteiger partial charge < -0.3 is 9.47 Å². The van der Waals surface area contributed by atoms with Crippen LogP contribution in [0.2, 0.25) is 0 Å². The smallest absolute Gasteiger partial charge is 0.338 e. The molecular weight excluding hydrogens is 288 g/mol. The van der Waals surface area contributed by atoms with Gasteiger partial charge in [0.1, 0.15) is 11.2 Å². The Hall–Kier alpha value is -1.14. The van der Waals surface area contributed by atoms with Crippen LogP contribution in [-0.2, 0) is 28.8 Å². The van der Waals surface area contributed by atoms with Gasteiger partial charge in [0, 0.05) is 0 Å². The monoisotopic (exact) mass is 318 g/mol. The number of esters is 2. The summed E-state index contributed by atoms with van der Waals surface area (Å²) in [4.78, 5) is 33.6. The van der Waals surface area contributed by atoms with Crippen LogP contribution in [-0.4, -0.2) is 35.3 Å². The largest absolute Gasteiger partial charge is 0.458 e. The molecule has 2 atom stereocenters. The van der Waals surface area contributed by atoms with E-state index in [0.29, 0.717) is 12.8 Å². The lowest BCUT2D eigenvalue weighted by Crippen LogP contribution is -2.36. The Morgan fingerprint density at radius 1 is 0.773 bits per heavy atom. The normalized spacial score (nSPS) is 15.1. The van der Waals surface area contributed by atoms with E-state index in [0.717, 1.165) is 0 Å². The first-order chi connectivity index (χ1) is 9.94. The van der Waals surface area contributed by atoms with Crippen molar-refractivity contribution in [3.05, 3.63) is 0 Å². The molecule has 0 N–H and O–H groups in total. The Morgan fingerprint density at radius 3 is 1.27 bits per heavy atom. The minimum absolute atomic E-state index is 0.540. The van der Waals surface area contributed by atoms with E-state index in [1.54, 1.807) is 0 Å². The van der Waals surface area contributed by atoms with Gasteiger partial charge in [-0.3, -0.25) is 0 Å². The summed E-state index contributed by atoms with van der Waals surface area (Å²) in [7, 11) is 0. The highest BCUT2D eigenvalue weighted by Gasteiger charge is 2.29. The second kappa shape index (κ2) is 8.48. The zero-order valence-electron chi connectivity index (χ0n) is 15.0. The van der Waals surface area contributed by atoms with Crippen LogP contribution in [0.1, 0.15) is 68.2 Å². The number of carbonyl (C=O) groups is 2. The van der Waals surface area contributed by atoms with Gasteiger partial charge in [-0.15, -0.1) is 0 Å². The fourth-order valence-corrected chi connectivity index (χ4v) is 1.10. The van der Waals surface area contributed by atoms with E-state index in [9.17, 15) is 9.59 Å². The second-order valence-corrected chi connectivity index (χ2v) is 6.55. The van der Waals surface area contributed by atoms with Crippen LogP contribution in [0, 0.1) is 0 Å². The maximum absolute atomic E-state index is 11.8. The minimum Gasteiger partial charge on any atom is -0.458 e. The summed E-state index contributed by atoms with van der Waals surface area (Å²) in [5, 5.41) is 0. The number of rotatable bonds is 9. The molecule has 0 aromatic heterocycles. The third kappa shape index (κ3) is 7.75. The van der Waals surface area contributed by atoms with Crippen LogP contribution in [0.25, 0.3) is 0 Å². The average molecular weight is 318 g/mol. The van der Waals surface area contributed by atoms with E-state index in [2.05, 4.69) is 0 Å². The zero-order valence-corrected chi connectivity index (χ0v) is 15.0. The fourth-order valence-electron chi connectivity index (χ4n) is 1.10. The van der Waals surface area contributed by atoms with Crippen molar-refractivity contribution in [2.75, 3.05) is 0 Å². The van der Waals surface area contributed by atoms with Crippen molar-refractivity contribution >= 4 is 11.9 Å². The molecular formula is C16H30O6. The summed E-state index contributed by atoms with van der Waals surface area (Å²) >= 11 is 0. The summed E-state index contributed by atoms with van der Waals surface area (Å²) in [6, 6.07) is 0. The molecule has 0 amide bonds. The summed E-state index contributed by atoms with van der Waals surface area (Å²) in [6.45, 7) is 14.1. The van der Waals surface area contributed by atoms with E-state index in [1.165, 1.54) is 13.8 Å². The average Bonchev–Trinajstić information content (AvgIpc) is 2.43. The number of ether oxygens (including phenoxy) is 2. The molecule has 130 valence electrons. The van der Waals surface area contributed by atoms with Crippen molar-refractivity contribution in [3.8, 4) is 0 Å². The number of hydrogen-bond donors (Lipinski definition) is 0.